The summed E-state index contributed by atoms with van der Waals surface area (Å²) in [6.45, 7) is 7.56. The van der Waals surface area contributed by atoms with E-state index in [0.717, 1.165) is 31.1 Å². The van der Waals surface area contributed by atoms with E-state index in [4.69, 9.17) is 9.47 Å². The molecule has 2 atom stereocenters. The van der Waals surface area contributed by atoms with Gasteiger partial charge in [0.05, 0.1) is 6.61 Å². The first-order chi connectivity index (χ1) is 12.2. The Balaban J connectivity index is 1.81. The molecule has 0 N–H and O–H groups in total. The molecule has 0 aliphatic heterocycles. The van der Waals surface area contributed by atoms with Gasteiger partial charge < -0.3 is 9.47 Å². The van der Waals surface area contributed by atoms with E-state index in [1.807, 2.05) is 0 Å². The smallest absolute Gasteiger partial charge is 0.199 e. The second-order valence-corrected chi connectivity index (χ2v) is 7.73. The number of ether oxygens (including phenoxy) is 2. The summed E-state index contributed by atoms with van der Waals surface area (Å²) >= 11 is 0. The van der Waals surface area contributed by atoms with Crippen LogP contribution in [0.1, 0.15) is 96.5 Å². The van der Waals surface area contributed by atoms with E-state index in [1.165, 1.54) is 56.9 Å². The fourth-order valence-corrected chi connectivity index (χ4v) is 3.65. The molecule has 1 aromatic rings. The largest absolute Gasteiger partial charge is 0.465 e. The minimum absolute atomic E-state index is 0.0991. The lowest BCUT2D eigenvalue weighted by Gasteiger charge is -2.24. The summed E-state index contributed by atoms with van der Waals surface area (Å²) in [5.74, 6) is 2.41. The minimum atomic E-state index is -0.0991. The molecule has 1 saturated carbocycles. The quantitative estimate of drug-likeness (QED) is 0.398. The summed E-state index contributed by atoms with van der Waals surface area (Å²) < 4.78 is 12.3. The van der Waals surface area contributed by atoms with Crippen molar-refractivity contribution in [3.05, 3.63) is 29.8 Å². The molecule has 1 aliphatic rings. The van der Waals surface area contributed by atoms with Gasteiger partial charge in [-0.1, -0.05) is 71.4 Å². The lowest BCUT2D eigenvalue weighted by atomic mass is 9.87. The number of unbranched alkanes of at least 4 members (excludes halogenated alkanes) is 1. The molecule has 0 amide bonds. The third-order valence-electron chi connectivity index (χ3n) is 5.68. The number of hydrogen-bond acceptors (Lipinski definition) is 2. The van der Waals surface area contributed by atoms with Crippen LogP contribution in [0.15, 0.2) is 24.3 Å². The average molecular weight is 347 g/mol. The number of hydrogen-bond donors (Lipinski definition) is 0. The lowest BCUT2D eigenvalue weighted by Crippen LogP contribution is -2.22. The highest BCUT2D eigenvalue weighted by Gasteiger charge is 2.16. The lowest BCUT2D eigenvalue weighted by molar-refractivity contribution is -0.0893. The van der Waals surface area contributed by atoms with Crippen molar-refractivity contribution in [2.24, 2.45) is 5.92 Å². The third kappa shape index (κ3) is 7.40. The van der Waals surface area contributed by atoms with Crippen molar-refractivity contribution in [3.63, 3.8) is 0 Å². The Kier molecular flexibility index (Phi) is 9.39. The summed E-state index contributed by atoms with van der Waals surface area (Å²) in [6, 6.07) is 8.60. The Hall–Kier alpha value is -1.02. The highest BCUT2D eigenvalue weighted by atomic mass is 16.7. The molecule has 0 radical (unpaired) electrons. The van der Waals surface area contributed by atoms with Crippen LogP contribution in [-0.4, -0.2) is 12.9 Å². The van der Waals surface area contributed by atoms with Crippen molar-refractivity contribution >= 4 is 0 Å². The Bertz CT molecular complexity index is 448. The molecule has 0 heterocycles. The predicted octanol–water partition coefficient (Wildman–Crippen LogP) is 7.08. The molecule has 2 heteroatoms. The van der Waals surface area contributed by atoms with Crippen LogP contribution >= 0.6 is 0 Å². The second kappa shape index (κ2) is 11.6. The van der Waals surface area contributed by atoms with Crippen molar-refractivity contribution in [3.8, 4) is 5.75 Å². The van der Waals surface area contributed by atoms with E-state index in [0.29, 0.717) is 5.92 Å². The highest BCUT2D eigenvalue weighted by molar-refractivity contribution is 5.29. The Morgan fingerprint density at radius 1 is 1.04 bits per heavy atom. The van der Waals surface area contributed by atoms with Crippen molar-refractivity contribution in [2.75, 3.05) is 6.61 Å². The summed E-state index contributed by atoms with van der Waals surface area (Å²) in [6.07, 6.45) is 12.6. The van der Waals surface area contributed by atoms with E-state index >= 15 is 0 Å². The van der Waals surface area contributed by atoms with Crippen LogP contribution in [0.4, 0.5) is 0 Å². The zero-order valence-electron chi connectivity index (χ0n) is 16.6. The fraction of sp³-hybridized carbons (Fsp3) is 0.739. The maximum atomic E-state index is 6.15. The van der Waals surface area contributed by atoms with Crippen LogP contribution in [-0.2, 0) is 4.74 Å². The highest BCUT2D eigenvalue weighted by Crippen LogP contribution is 2.27. The van der Waals surface area contributed by atoms with Gasteiger partial charge in [0.15, 0.2) is 6.29 Å². The summed E-state index contributed by atoms with van der Waals surface area (Å²) in [7, 11) is 0. The standard InChI is InChI=1S/C23H38O2/c1-4-6-12-23(24-18-17-20-10-8-7-9-11-20)25-22-15-13-21(14-16-22)19(3)5-2/h13-16,19-20,23H,4-12,17-18H2,1-3H3. The molecule has 2 unspecified atom stereocenters. The van der Waals surface area contributed by atoms with E-state index in [9.17, 15) is 0 Å². The van der Waals surface area contributed by atoms with Crippen molar-refractivity contribution in [2.45, 2.75) is 97.2 Å². The van der Waals surface area contributed by atoms with Gasteiger partial charge in [0.1, 0.15) is 5.75 Å². The molecule has 1 aliphatic carbocycles. The van der Waals surface area contributed by atoms with E-state index in [2.05, 4.69) is 45.0 Å². The van der Waals surface area contributed by atoms with Crippen LogP contribution < -0.4 is 4.74 Å². The maximum Gasteiger partial charge on any atom is 0.199 e. The topological polar surface area (TPSA) is 18.5 Å². The van der Waals surface area contributed by atoms with Gasteiger partial charge in [-0.05, 0) is 48.8 Å². The SMILES string of the molecule is CCCCC(OCCC1CCCCC1)Oc1ccc(C(C)CC)cc1. The summed E-state index contributed by atoms with van der Waals surface area (Å²) in [5.41, 5.74) is 1.39. The first kappa shape index (κ1) is 20.3. The Labute approximate surface area is 155 Å². The normalized spacial score (nSPS) is 18.0. The molecule has 0 aromatic heterocycles. The molecule has 1 fully saturated rings. The van der Waals surface area contributed by atoms with E-state index in [1.54, 1.807) is 0 Å². The van der Waals surface area contributed by atoms with Gasteiger partial charge >= 0.3 is 0 Å². The van der Waals surface area contributed by atoms with Crippen LogP contribution in [0.2, 0.25) is 0 Å². The van der Waals surface area contributed by atoms with Crippen molar-refractivity contribution in [1.29, 1.82) is 0 Å². The summed E-state index contributed by atoms with van der Waals surface area (Å²) in [4.78, 5) is 0. The van der Waals surface area contributed by atoms with Gasteiger partial charge in [-0.3, -0.25) is 0 Å². The van der Waals surface area contributed by atoms with Crippen LogP contribution in [0, 0.1) is 5.92 Å². The first-order valence-electron chi connectivity index (χ1n) is 10.6. The van der Waals surface area contributed by atoms with Gasteiger partial charge in [-0.15, -0.1) is 0 Å². The van der Waals surface area contributed by atoms with Gasteiger partial charge in [0.25, 0.3) is 0 Å². The summed E-state index contributed by atoms with van der Waals surface area (Å²) in [5, 5.41) is 0. The molecular weight excluding hydrogens is 308 g/mol. The van der Waals surface area contributed by atoms with Crippen LogP contribution in [0.3, 0.4) is 0 Å². The molecule has 2 nitrogen and oxygen atoms in total. The van der Waals surface area contributed by atoms with Gasteiger partial charge in [0, 0.05) is 6.42 Å². The zero-order valence-corrected chi connectivity index (χ0v) is 16.6. The molecule has 1 aromatic carbocycles. The van der Waals surface area contributed by atoms with Gasteiger partial charge in [0.2, 0.25) is 0 Å². The van der Waals surface area contributed by atoms with E-state index in [-0.39, 0.29) is 6.29 Å². The van der Waals surface area contributed by atoms with Gasteiger partial charge in [-0.2, -0.15) is 0 Å². The Morgan fingerprint density at radius 3 is 2.40 bits per heavy atom. The van der Waals surface area contributed by atoms with E-state index < -0.39 is 0 Å². The Morgan fingerprint density at radius 2 is 1.76 bits per heavy atom. The predicted molar refractivity (Wildman–Crippen MR) is 106 cm³/mol. The third-order valence-corrected chi connectivity index (χ3v) is 5.68. The molecule has 2 rings (SSSR count). The second-order valence-electron chi connectivity index (χ2n) is 7.73. The number of benzene rings is 1. The first-order valence-corrected chi connectivity index (χ1v) is 10.6. The molecule has 142 valence electrons. The molecule has 0 spiro atoms. The van der Waals surface area contributed by atoms with Crippen LogP contribution in [0.5, 0.6) is 5.75 Å². The van der Waals surface area contributed by atoms with Gasteiger partial charge in [-0.25, -0.2) is 0 Å². The van der Waals surface area contributed by atoms with Crippen molar-refractivity contribution in [1.82, 2.24) is 0 Å². The fourth-order valence-electron chi connectivity index (χ4n) is 3.65. The molecular formula is C23H38O2. The monoisotopic (exact) mass is 346 g/mol. The van der Waals surface area contributed by atoms with Crippen LogP contribution in [0.25, 0.3) is 0 Å². The van der Waals surface area contributed by atoms with Crippen molar-refractivity contribution < 1.29 is 9.47 Å². The average Bonchev–Trinajstić information content (AvgIpc) is 2.66. The number of rotatable bonds is 11. The molecule has 25 heavy (non-hydrogen) atoms. The zero-order chi connectivity index (χ0) is 17.9. The molecule has 0 saturated heterocycles. The minimum Gasteiger partial charge on any atom is -0.465 e. The molecule has 0 bridgehead atoms. The maximum absolute atomic E-state index is 6.15.